The van der Waals surface area contributed by atoms with E-state index in [4.69, 9.17) is 11.6 Å². The molecule has 1 saturated heterocycles. The van der Waals surface area contributed by atoms with Gasteiger partial charge in [-0.1, -0.05) is 32.4 Å². The van der Waals surface area contributed by atoms with Gasteiger partial charge in [-0.15, -0.1) is 0 Å². The van der Waals surface area contributed by atoms with E-state index in [-0.39, 0.29) is 23.1 Å². The first-order chi connectivity index (χ1) is 9.20. The van der Waals surface area contributed by atoms with Gasteiger partial charge in [0.15, 0.2) is 0 Å². The Morgan fingerprint density at radius 2 is 2.05 bits per heavy atom. The molecular weight excluding hydrogens is 342 g/mol. The Morgan fingerprint density at radius 3 is 2.55 bits per heavy atom. The lowest BCUT2D eigenvalue weighted by Crippen LogP contribution is -2.33. The van der Waals surface area contributed by atoms with Crippen molar-refractivity contribution in [2.75, 3.05) is 6.54 Å². The molecule has 0 bridgehead atoms. The molecule has 0 aliphatic carbocycles. The monoisotopic (exact) mass is 357 g/mol. The summed E-state index contributed by atoms with van der Waals surface area (Å²) in [4.78, 5) is 25.8. The molecule has 2 rings (SSSR count). The molecule has 1 aliphatic heterocycles. The number of rotatable bonds is 1. The average Bonchev–Trinajstić information content (AvgIpc) is 2.74. The first-order valence-corrected chi connectivity index (χ1v) is 7.67. The molecule has 5 heteroatoms. The van der Waals surface area contributed by atoms with Crippen LogP contribution in [-0.2, 0) is 4.79 Å². The van der Waals surface area contributed by atoms with Gasteiger partial charge in [0.25, 0.3) is 5.91 Å². The van der Waals surface area contributed by atoms with Crippen LogP contribution in [0.1, 0.15) is 37.6 Å². The fourth-order valence-corrected chi connectivity index (χ4v) is 2.70. The molecule has 1 heterocycles. The maximum absolute atomic E-state index is 12.4. The van der Waals surface area contributed by atoms with Crippen molar-refractivity contribution in [1.82, 2.24) is 4.90 Å². The summed E-state index contributed by atoms with van der Waals surface area (Å²) in [5.74, 6) is -0.171. The zero-order valence-corrected chi connectivity index (χ0v) is 14.1. The van der Waals surface area contributed by atoms with Crippen molar-refractivity contribution in [3.8, 4) is 0 Å². The zero-order chi connectivity index (χ0) is 15.1. The highest BCUT2D eigenvalue weighted by molar-refractivity contribution is 9.10. The van der Waals surface area contributed by atoms with Gasteiger partial charge >= 0.3 is 0 Å². The van der Waals surface area contributed by atoms with E-state index in [0.29, 0.717) is 23.6 Å². The fourth-order valence-electron chi connectivity index (χ4n) is 2.27. The second-order valence-corrected chi connectivity index (χ2v) is 7.47. The minimum absolute atomic E-state index is 0.0159. The van der Waals surface area contributed by atoms with Crippen molar-refractivity contribution in [1.29, 1.82) is 0 Å². The number of hydrogen-bond acceptors (Lipinski definition) is 2. The highest BCUT2D eigenvalue weighted by atomic mass is 79.9. The molecule has 0 saturated carbocycles. The van der Waals surface area contributed by atoms with Gasteiger partial charge in [-0.2, -0.15) is 0 Å². The van der Waals surface area contributed by atoms with E-state index in [0.717, 1.165) is 4.47 Å². The van der Waals surface area contributed by atoms with Gasteiger partial charge in [0.1, 0.15) is 0 Å². The molecule has 1 aromatic rings. The van der Waals surface area contributed by atoms with Crippen molar-refractivity contribution in [2.24, 2.45) is 11.3 Å². The van der Waals surface area contributed by atoms with Gasteiger partial charge < -0.3 is 0 Å². The summed E-state index contributed by atoms with van der Waals surface area (Å²) in [7, 11) is 0. The highest BCUT2D eigenvalue weighted by Gasteiger charge is 2.39. The van der Waals surface area contributed by atoms with Gasteiger partial charge in [0.2, 0.25) is 5.91 Å². The van der Waals surface area contributed by atoms with Crippen LogP contribution in [0.3, 0.4) is 0 Å². The molecule has 0 aromatic heterocycles. The Bertz CT molecular complexity index is 565. The second-order valence-electron chi connectivity index (χ2n) is 6.21. The average molecular weight is 359 g/mol. The molecule has 1 aliphatic rings. The van der Waals surface area contributed by atoms with Crippen molar-refractivity contribution in [3.05, 3.63) is 33.3 Å². The minimum atomic E-state index is -0.267. The number of amides is 2. The van der Waals surface area contributed by atoms with Crippen LogP contribution in [0.2, 0.25) is 5.02 Å². The Morgan fingerprint density at radius 1 is 1.40 bits per heavy atom. The summed E-state index contributed by atoms with van der Waals surface area (Å²) in [6.45, 7) is 6.76. The normalized spacial score (nSPS) is 19.6. The summed E-state index contributed by atoms with van der Waals surface area (Å²) in [6.07, 6.45) is 0.430. The second kappa shape index (κ2) is 5.49. The van der Waals surface area contributed by atoms with Crippen LogP contribution in [0.5, 0.6) is 0 Å². The molecule has 1 aromatic carbocycles. The van der Waals surface area contributed by atoms with E-state index in [2.05, 4.69) is 36.7 Å². The molecule has 0 N–H and O–H groups in total. The van der Waals surface area contributed by atoms with Crippen LogP contribution >= 0.6 is 27.5 Å². The summed E-state index contributed by atoms with van der Waals surface area (Å²) < 4.78 is 0.732. The molecule has 0 spiro atoms. The number of carbonyl (C=O) groups excluding carboxylic acids is 2. The van der Waals surface area contributed by atoms with Crippen molar-refractivity contribution in [2.45, 2.75) is 27.2 Å². The lowest BCUT2D eigenvalue weighted by Gasteiger charge is -2.26. The molecule has 1 fully saturated rings. The molecule has 0 radical (unpaired) electrons. The standard InChI is InChI=1S/C15H17BrClNO2/c1-15(2,3)10-7-13(19)18(8-10)14(20)9-4-5-11(16)12(17)6-9/h4-6,10H,7-8H2,1-3H3. The van der Waals surface area contributed by atoms with Gasteiger partial charge in [-0.3, -0.25) is 14.5 Å². The Hall–Kier alpha value is -0.870. The molecule has 2 amide bonds. The van der Waals surface area contributed by atoms with Crippen LogP contribution in [0, 0.1) is 11.3 Å². The third-order valence-corrected chi connectivity index (χ3v) is 4.99. The first-order valence-electron chi connectivity index (χ1n) is 6.50. The third kappa shape index (κ3) is 3.07. The van der Waals surface area contributed by atoms with Gasteiger partial charge in [0, 0.05) is 23.0 Å². The lowest BCUT2D eigenvalue weighted by molar-refractivity contribution is -0.125. The predicted octanol–water partition coefficient (Wildman–Crippen LogP) is 4.14. The van der Waals surface area contributed by atoms with E-state index in [1.807, 2.05) is 0 Å². The van der Waals surface area contributed by atoms with E-state index >= 15 is 0 Å². The molecule has 108 valence electrons. The SMILES string of the molecule is CC(C)(C)C1CC(=O)N(C(=O)c2ccc(Br)c(Cl)c2)C1. The van der Waals surface area contributed by atoms with Crippen LogP contribution in [0.4, 0.5) is 0 Å². The zero-order valence-electron chi connectivity index (χ0n) is 11.7. The Labute approximate surface area is 132 Å². The van der Waals surface area contributed by atoms with Crippen molar-refractivity contribution >= 4 is 39.3 Å². The Kier molecular flexibility index (Phi) is 4.26. The lowest BCUT2D eigenvalue weighted by atomic mass is 9.80. The predicted molar refractivity (Wildman–Crippen MR) is 82.8 cm³/mol. The molecule has 1 atom stereocenters. The van der Waals surface area contributed by atoms with Gasteiger partial charge in [-0.25, -0.2) is 0 Å². The van der Waals surface area contributed by atoms with Crippen molar-refractivity contribution < 1.29 is 9.59 Å². The van der Waals surface area contributed by atoms with E-state index in [1.54, 1.807) is 18.2 Å². The van der Waals surface area contributed by atoms with E-state index in [1.165, 1.54) is 4.90 Å². The number of nitrogens with zero attached hydrogens (tertiary/aromatic N) is 1. The van der Waals surface area contributed by atoms with Crippen LogP contribution < -0.4 is 0 Å². The highest BCUT2D eigenvalue weighted by Crippen LogP contribution is 2.35. The summed E-state index contributed by atoms with van der Waals surface area (Å²) in [5, 5.41) is 0.467. The maximum atomic E-state index is 12.4. The maximum Gasteiger partial charge on any atom is 0.260 e. The summed E-state index contributed by atoms with van der Waals surface area (Å²) in [5.41, 5.74) is 0.461. The molecule has 3 nitrogen and oxygen atoms in total. The quantitative estimate of drug-likeness (QED) is 0.708. The third-order valence-electron chi connectivity index (χ3n) is 3.76. The van der Waals surface area contributed by atoms with E-state index in [9.17, 15) is 9.59 Å². The number of benzene rings is 1. The topological polar surface area (TPSA) is 37.4 Å². The van der Waals surface area contributed by atoms with Crippen LogP contribution in [0.25, 0.3) is 0 Å². The van der Waals surface area contributed by atoms with Gasteiger partial charge in [0.05, 0.1) is 5.02 Å². The first kappa shape index (κ1) is 15.5. The Balaban J connectivity index is 2.21. The smallest absolute Gasteiger partial charge is 0.260 e. The number of carbonyl (C=O) groups is 2. The molecule has 20 heavy (non-hydrogen) atoms. The fraction of sp³-hybridized carbons (Fsp3) is 0.467. The number of halogens is 2. The van der Waals surface area contributed by atoms with Gasteiger partial charge in [-0.05, 0) is 45.5 Å². The minimum Gasteiger partial charge on any atom is -0.278 e. The number of imide groups is 1. The van der Waals surface area contributed by atoms with Crippen LogP contribution in [0.15, 0.2) is 22.7 Å². The van der Waals surface area contributed by atoms with Crippen molar-refractivity contribution in [3.63, 3.8) is 0 Å². The molecule has 1 unspecified atom stereocenters. The molecular formula is C15H17BrClNO2. The summed E-state index contributed by atoms with van der Waals surface area (Å²) >= 11 is 9.29. The largest absolute Gasteiger partial charge is 0.278 e. The van der Waals surface area contributed by atoms with Crippen LogP contribution in [-0.4, -0.2) is 23.3 Å². The number of hydrogen-bond donors (Lipinski definition) is 0. The summed E-state index contributed by atoms with van der Waals surface area (Å²) in [6, 6.07) is 4.99. The van der Waals surface area contributed by atoms with E-state index < -0.39 is 0 Å². The number of likely N-dealkylation sites (tertiary alicyclic amines) is 1.